The predicted molar refractivity (Wildman–Crippen MR) is 111 cm³/mol. The second kappa shape index (κ2) is 9.73. The standard InChI is InChI=1S/C23H20FN3O4/c24-20-12-27-7-6-15(20)10-21(28)16-4-5-18(11-25)19(9-16)14-2-1-3-17(8-14)23(30)31-13-22(26)29/h1-9,12H,10-11,13,25H2,(H2,26,29). The number of aromatic nitrogens is 1. The highest BCUT2D eigenvalue weighted by Gasteiger charge is 2.15. The summed E-state index contributed by atoms with van der Waals surface area (Å²) in [7, 11) is 0. The van der Waals surface area contributed by atoms with Gasteiger partial charge in [-0.1, -0.05) is 24.3 Å². The van der Waals surface area contributed by atoms with E-state index >= 15 is 0 Å². The molecule has 3 rings (SSSR count). The summed E-state index contributed by atoms with van der Waals surface area (Å²) >= 11 is 0. The van der Waals surface area contributed by atoms with Crippen LogP contribution in [0.2, 0.25) is 0 Å². The summed E-state index contributed by atoms with van der Waals surface area (Å²) in [4.78, 5) is 39.4. The Hall–Kier alpha value is -3.91. The Bertz CT molecular complexity index is 1150. The fourth-order valence-electron chi connectivity index (χ4n) is 3.05. The zero-order valence-corrected chi connectivity index (χ0v) is 16.5. The zero-order chi connectivity index (χ0) is 22.4. The summed E-state index contributed by atoms with van der Waals surface area (Å²) in [5, 5.41) is 0. The number of nitrogens with two attached hydrogens (primary N) is 2. The number of primary amides is 1. The molecule has 4 N–H and O–H groups in total. The van der Waals surface area contributed by atoms with Gasteiger partial charge in [0.15, 0.2) is 12.4 Å². The zero-order valence-electron chi connectivity index (χ0n) is 16.5. The van der Waals surface area contributed by atoms with E-state index in [0.29, 0.717) is 16.7 Å². The van der Waals surface area contributed by atoms with Crippen molar-refractivity contribution >= 4 is 17.7 Å². The fraction of sp³-hybridized carbons (Fsp3) is 0.130. The van der Waals surface area contributed by atoms with E-state index in [2.05, 4.69) is 4.98 Å². The van der Waals surface area contributed by atoms with Gasteiger partial charge in [-0.15, -0.1) is 0 Å². The number of carbonyl (C=O) groups is 3. The molecular weight excluding hydrogens is 401 g/mol. The van der Waals surface area contributed by atoms with Gasteiger partial charge in [-0.3, -0.25) is 14.6 Å². The topological polar surface area (TPSA) is 125 Å². The molecule has 8 heteroatoms. The van der Waals surface area contributed by atoms with Gasteiger partial charge >= 0.3 is 5.97 Å². The van der Waals surface area contributed by atoms with Crippen molar-refractivity contribution in [3.63, 3.8) is 0 Å². The lowest BCUT2D eigenvalue weighted by Gasteiger charge is -2.12. The van der Waals surface area contributed by atoms with Crippen molar-refractivity contribution in [3.05, 3.63) is 89.0 Å². The Kier molecular flexibility index (Phi) is 6.84. The first-order valence-electron chi connectivity index (χ1n) is 9.39. The number of ketones is 1. The number of esters is 1. The SMILES string of the molecule is NCc1ccc(C(=O)Cc2ccncc2F)cc1-c1cccc(C(=O)OCC(N)=O)c1. The highest BCUT2D eigenvalue weighted by molar-refractivity contribution is 5.99. The molecule has 0 saturated heterocycles. The molecule has 0 unspecified atom stereocenters. The monoisotopic (exact) mass is 421 g/mol. The summed E-state index contributed by atoms with van der Waals surface area (Å²) in [5.74, 6) is -2.27. The molecule has 0 radical (unpaired) electrons. The molecule has 2 aromatic carbocycles. The van der Waals surface area contributed by atoms with Crippen LogP contribution in [0.4, 0.5) is 4.39 Å². The second-order valence-electron chi connectivity index (χ2n) is 6.77. The summed E-state index contributed by atoms with van der Waals surface area (Å²) in [6.45, 7) is -0.314. The number of benzene rings is 2. The lowest BCUT2D eigenvalue weighted by atomic mass is 9.93. The summed E-state index contributed by atoms with van der Waals surface area (Å²) in [5.41, 5.74) is 13.8. The molecule has 0 atom stereocenters. The van der Waals surface area contributed by atoms with Gasteiger partial charge in [-0.05, 0) is 46.5 Å². The molecule has 1 aromatic heterocycles. The van der Waals surface area contributed by atoms with Crippen LogP contribution in [0.15, 0.2) is 60.9 Å². The molecule has 0 aliphatic heterocycles. The average molecular weight is 421 g/mol. The third kappa shape index (κ3) is 5.37. The molecule has 7 nitrogen and oxygen atoms in total. The Morgan fingerprint density at radius 3 is 2.52 bits per heavy atom. The molecule has 0 spiro atoms. The average Bonchev–Trinajstić information content (AvgIpc) is 2.78. The molecule has 158 valence electrons. The molecule has 0 aliphatic carbocycles. The second-order valence-corrected chi connectivity index (χ2v) is 6.77. The number of hydrogen-bond acceptors (Lipinski definition) is 6. The van der Waals surface area contributed by atoms with Crippen LogP contribution in [-0.4, -0.2) is 29.3 Å². The van der Waals surface area contributed by atoms with Crippen molar-refractivity contribution in [2.75, 3.05) is 6.61 Å². The lowest BCUT2D eigenvalue weighted by Crippen LogP contribution is -2.20. The number of pyridine rings is 1. The Morgan fingerprint density at radius 2 is 1.81 bits per heavy atom. The van der Waals surface area contributed by atoms with Crippen LogP contribution in [0.1, 0.15) is 31.8 Å². The van der Waals surface area contributed by atoms with Crippen LogP contribution < -0.4 is 11.5 Å². The smallest absolute Gasteiger partial charge is 0.338 e. The van der Waals surface area contributed by atoms with Gasteiger partial charge in [0.2, 0.25) is 0 Å². The van der Waals surface area contributed by atoms with E-state index in [1.807, 2.05) is 0 Å². The normalized spacial score (nSPS) is 10.5. The molecule has 1 heterocycles. The molecular formula is C23H20FN3O4. The maximum atomic E-state index is 13.9. The molecule has 0 aliphatic rings. The maximum Gasteiger partial charge on any atom is 0.338 e. The molecule has 0 fully saturated rings. The summed E-state index contributed by atoms with van der Waals surface area (Å²) in [6, 6.07) is 13.0. The first-order valence-corrected chi connectivity index (χ1v) is 9.39. The minimum Gasteiger partial charge on any atom is -0.452 e. The molecule has 0 bridgehead atoms. The molecule has 0 saturated carbocycles. The lowest BCUT2D eigenvalue weighted by molar-refractivity contribution is -0.121. The fourth-order valence-corrected chi connectivity index (χ4v) is 3.05. The number of rotatable bonds is 8. The number of amides is 1. The number of Topliss-reactive ketones (excluding diaryl/α,β-unsaturated/α-hetero) is 1. The minimum atomic E-state index is -0.758. The van der Waals surface area contributed by atoms with E-state index in [0.717, 1.165) is 11.8 Å². The third-order valence-electron chi connectivity index (χ3n) is 4.61. The number of hydrogen-bond donors (Lipinski definition) is 2. The molecule has 3 aromatic rings. The van der Waals surface area contributed by atoms with E-state index in [-0.39, 0.29) is 29.9 Å². The third-order valence-corrected chi connectivity index (χ3v) is 4.61. The number of nitrogens with zero attached hydrogens (tertiary/aromatic N) is 1. The Morgan fingerprint density at radius 1 is 1.00 bits per heavy atom. The predicted octanol–water partition coefficient (Wildman–Crippen LogP) is 2.41. The van der Waals surface area contributed by atoms with Gasteiger partial charge in [0.1, 0.15) is 5.82 Å². The van der Waals surface area contributed by atoms with E-state index < -0.39 is 24.3 Å². The van der Waals surface area contributed by atoms with E-state index in [4.69, 9.17) is 16.2 Å². The number of carbonyl (C=O) groups excluding carboxylic acids is 3. The van der Waals surface area contributed by atoms with Gasteiger partial charge in [0.25, 0.3) is 5.91 Å². The Balaban J connectivity index is 1.91. The van der Waals surface area contributed by atoms with Crippen LogP contribution in [0.5, 0.6) is 0 Å². The van der Waals surface area contributed by atoms with Crippen molar-refractivity contribution in [1.29, 1.82) is 0 Å². The van der Waals surface area contributed by atoms with E-state index in [1.165, 1.54) is 18.3 Å². The van der Waals surface area contributed by atoms with Crippen LogP contribution in [-0.2, 0) is 22.5 Å². The quantitative estimate of drug-likeness (QED) is 0.425. The maximum absolute atomic E-state index is 13.9. The van der Waals surface area contributed by atoms with Crippen LogP contribution in [0.3, 0.4) is 0 Å². The van der Waals surface area contributed by atoms with Gasteiger partial charge < -0.3 is 16.2 Å². The van der Waals surface area contributed by atoms with Crippen molar-refractivity contribution in [2.45, 2.75) is 13.0 Å². The first kappa shape index (κ1) is 21.8. The van der Waals surface area contributed by atoms with E-state index in [1.54, 1.807) is 36.4 Å². The Labute approximate surface area is 177 Å². The van der Waals surface area contributed by atoms with Crippen LogP contribution >= 0.6 is 0 Å². The van der Waals surface area contributed by atoms with E-state index in [9.17, 15) is 18.8 Å². The van der Waals surface area contributed by atoms with Crippen molar-refractivity contribution in [2.24, 2.45) is 11.5 Å². The van der Waals surface area contributed by atoms with Gasteiger partial charge in [0.05, 0.1) is 11.8 Å². The van der Waals surface area contributed by atoms with Crippen molar-refractivity contribution in [1.82, 2.24) is 4.98 Å². The molecule has 31 heavy (non-hydrogen) atoms. The first-order chi connectivity index (χ1) is 14.9. The number of ether oxygens (including phenoxy) is 1. The van der Waals surface area contributed by atoms with Crippen LogP contribution in [0.25, 0.3) is 11.1 Å². The van der Waals surface area contributed by atoms with Gasteiger partial charge in [-0.25, -0.2) is 9.18 Å². The summed E-state index contributed by atoms with van der Waals surface area (Å²) < 4.78 is 18.7. The van der Waals surface area contributed by atoms with Gasteiger partial charge in [0, 0.05) is 24.7 Å². The van der Waals surface area contributed by atoms with Crippen molar-refractivity contribution in [3.8, 4) is 11.1 Å². The van der Waals surface area contributed by atoms with Gasteiger partial charge in [-0.2, -0.15) is 0 Å². The van der Waals surface area contributed by atoms with Crippen LogP contribution in [0, 0.1) is 5.82 Å². The minimum absolute atomic E-state index is 0.116. The summed E-state index contributed by atoms with van der Waals surface area (Å²) in [6.07, 6.45) is 2.38. The van der Waals surface area contributed by atoms with Crippen molar-refractivity contribution < 1.29 is 23.5 Å². The highest BCUT2D eigenvalue weighted by atomic mass is 19.1. The number of halogens is 1. The largest absolute Gasteiger partial charge is 0.452 e. The molecule has 1 amide bonds. The highest BCUT2D eigenvalue weighted by Crippen LogP contribution is 2.27.